The molecule has 0 bridgehead atoms. The number of nitrogens with zero attached hydrogens (tertiary/aromatic N) is 1. The van der Waals surface area contributed by atoms with Gasteiger partial charge in [0.2, 0.25) is 0 Å². The molecule has 0 aliphatic carbocycles. The number of hydrogen-bond acceptors (Lipinski definition) is 4. The van der Waals surface area contributed by atoms with Crippen LogP contribution in [0.3, 0.4) is 0 Å². The summed E-state index contributed by atoms with van der Waals surface area (Å²) in [5, 5.41) is 10.8. The lowest BCUT2D eigenvalue weighted by molar-refractivity contribution is -0.130. The maximum atomic E-state index is 11.8. The highest BCUT2D eigenvalue weighted by Crippen LogP contribution is 2.35. The van der Waals surface area contributed by atoms with Crippen molar-refractivity contribution >= 4 is 46.5 Å². The number of halogens is 2. The fourth-order valence-electron chi connectivity index (χ4n) is 3.00. The van der Waals surface area contributed by atoms with Crippen LogP contribution in [0.1, 0.15) is 29.8 Å². The summed E-state index contributed by atoms with van der Waals surface area (Å²) in [5.74, 6) is -0.578. The first-order valence-electron chi connectivity index (χ1n) is 10.2. The van der Waals surface area contributed by atoms with Crippen molar-refractivity contribution in [3.05, 3.63) is 100.0 Å². The van der Waals surface area contributed by atoms with Crippen LogP contribution in [0, 0.1) is 0 Å². The summed E-state index contributed by atoms with van der Waals surface area (Å²) in [6, 6.07) is 20.9. The molecule has 4 nitrogen and oxygen atoms in total. The molecule has 1 heterocycles. The molecular weight excluding hydrogens is 465 g/mol. The van der Waals surface area contributed by atoms with Crippen LogP contribution in [-0.2, 0) is 21.7 Å². The number of carbonyl (C=O) groups is 1. The Labute approximate surface area is 202 Å². The van der Waals surface area contributed by atoms with Crippen molar-refractivity contribution in [2.75, 3.05) is 6.61 Å². The first-order valence-corrected chi connectivity index (χ1v) is 11.9. The van der Waals surface area contributed by atoms with E-state index < -0.39 is 5.97 Å². The molecular formula is C25H23Cl2NO3S. The van der Waals surface area contributed by atoms with Crippen molar-refractivity contribution in [1.82, 2.24) is 4.98 Å². The van der Waals surface area contributed by atoms with Crippen LogP contribution in [0.5, 0.6) is 0 Å². The number of aryl methyl sites for hydroxylation is 1. The third-order valence-electron chi connectivity index (χ3n) is 4.62. The molecule has 1 aromatic heterocycles. The van der Waals surface area contributed by atoms with E-state index in [9.17, 15) is 9.90 Å². The topological polar surface area (TPSA) is 59.4 Å². The van der Waals surface area contributed by atoms with Crippen LogP contribution in [-0.4, -0.2) is 22.7 Å². The SMILES string of the molecule is O=C(O)C(=COCCCCc1ccccc1)c1cccc(CSc2c(Cl)cccc2Cl)n1. The van der Waals surface area contributed by atoms with Gasteiger partial charge >= 0.3 is 5.97 Å². The summed E-state index contributed by atoms with van der Waals surface area (Å²) < 4.78 is 5.53. The Morgan fingerprint density at radius 3 is 2.41 bits per heavy atom. The second-order valence-corrected chi connectivity index (χ2v) is 8.80. The third kappa shape index (κ3) is 7.30. The predicted octanol–water partition coefficient (Wildman–Crippen LogP) is 7.15. The maximum Gasteiger partial charge on any atom is 0.341 e. The largest absolute Gasteiger partial charge is 0.500 e. The molecule has 0 fully saturated rings. The highest BCUT2D eigenvalue weighted by molar-refractivity contribution is 7.98. The molecule has 0 aliphatic rings. The number of benzene rings is 2. The number of carboxylic acid groups (broad SMARTS) is 1. The smallest absolute Gasteiger partial charge is 0.341 e. The summed E-state index contributed by atoms with van der Waals surface area (Å²) in [5.41, 5.74) is 2.38. The number of ether oxygens (including phenoxy) is 1. The normalized spacial score (nSPS) is 11.4. The van der Waals surface area contributed by atoms with Gasteiger partial charge < -0.3 is 9.84 Å². The highest BCUT2D eigenvalue weighted by Gasteiger charge is 2.14. The Morgan fingerprint density at radius 2 is 1.69 bits per heavy atom. The number of aliphatic carboxylic acids is 1. The molecule has 166 valence electrons. The monoisotopic (exact) mass is 487 g/mol. The van der Waals surface area contributed by atoms with Gasteiger partial charge in [-0.1, -0.05) is 65.7 Å². The standard InChI is InChI=1S/C25H23Cl2NO3S/c26-21-12-7-13-22(27)24(21)32-17-19-11-6-14-23(28-19)20(25(29)30)16-31-15-5-4-10-18-8-2-1-3-9-18/h1-3,6-9,11-14,16H,4-5,10,15,17H2,(H,29,30). The number of rotatable bonds is 11. The van der Waals surface area contributed by atoms with Crippen molar-refractivity contribution < 1.29 is 14.6 Å². The van der Waals surface area contributed by atoms with Gasteiger partial charge in [-0.2, -0.15) is 0 Å². The van der Waals surface area contributed by atoms with Gasteiger partial charge in [0.25, 0.3) is 0 Å². The third-order valence-corrected chi connectivity index (χ3v) is 6.64. The van der Waals surface area contributed by atoms with Gasteiger partial charge in [0.1, 0.15) is 5.57 Å². The lowest BCUT2D eigenvalue weighted by atomic mass is 10.1. The molecule has 0 spiro atoms. The van der Waals surface area contributed by atoms with E-state index in [1.165, 1.54) is 23.6 Å². The lowest BCUT2D eigenvalue weighted by Crippen LogP contribution is -2.04. The number of unbranched alkanes of at least 4 members (excludes halogenated alkanes) is 1. The minimum absolute atomic E-state index is 0.0238. The molecule has 1 N–H and O–H groups in total. The number of thioether (sulfide) groups is 1. The van der Waals surface area contributed by atoms with Crippen molar-refractivity contribution in [3.63, 3.8) is 0 Å². The minimum Gasteiger partial charge on any atom is -0.500 e. The van der Waals surface area contributed by atoms with Crippen molar-refractivity contribution in [2.45, 2.75) is 29.9 Å². The van der Waals surface area contributed by atoms with Crippen LogP contribution in [0.4, 0.5) is 0 Å². The Hall–Kier alpha value is -2.47. The van der Waals surface area contributed by atoms with Gasteiger partial charge in [-0.15, -0.1) is 11.8 Å². The van der Waals surface area contributed by atoms with Gasteiger partial charge in [-0.25, -0.2) is 4.79 Å². The summed E-state index contributed by atoms with van der Waals surface area (Å²) in [4.78, 5) is 17.0. The Kier molecular flexibility index (Phi) is 9.47. The van der Waals surface area contributed by atoms with E-state index in [4.69, 9.17) is 27.9 Å². The van der Waals surface area contributed by atoms with Gasteiger partial charge in [-0.3, -0.25) is 4.98 Å². The quantitative estimate of drug-likeness (QED) is 0.134. The van der Waals surface area contributed by atoms with Gasteiger partial charge in [-0.05, 0) is 49.1 Å². The fraction of sp³-hybridized carbons (Fsp3) is 0.200. The van der Waals surface area contributed by atoms with Crippen LogP contribution >= 0.6 is 35.0 Å². The van der Waals surface area contributed by atoms with E-state index >= 15 is 0 Å². The van der Waals surface area contributed by atoms with E-state index in [2.05, 4.69) is 17.1 Å². The molecule has 0 amide bonds. The van der Waals surface area contributed by atoms with E-state index in [0.717, 1.165) is 29.9 Å². The van der Waals surface area contributed by atoms with Gasteiger partial charge in [0.05, 0.1) is 34.3 Å². The number of hydrogen-bond donors (Lipinski definition) is 1. The Bertz CT molecular complexity index is 1050. The Morgan fingerprint density at radius 1 is 0.969 bits per heavy atom. The molecule has 2 aromatic carbocycles. The average Bonchev–Trinajstić information content (AvgIpc) is 2.79. The van der Waals surface area contributed by atoms with Crippen LogP contribution in [0.15, 0.2) is 77.9 Å². The first kappa shape index (κ1) is 24.2. The maximum absolute atomic E-state index is 11.8. The van der Waals surface area contributed by atoms with Crippen molar-refractivity contribution in [1.29, 1.82) is 0 Å². The van der Waals surface area contributed by atoms with E-state index in [-0.39, 0.29) is 5.57 Å². The molecule has 0 saturated carbocycles. The first-order chi connectivity index (χ1) is 15.5. The molecule has 0 aliphatic heterocycles. The highest BCUT2D eigenvalue weighted by atomic mass is 35.5. The summed E-state index contributed by atoms with van der Waals surface area (Å²) >= 11 is 13.9. The van der Waals surface area contributed by atoms with Crippen LogP contribution in [0.2, 0.25) is 10.0 Å². The summed E-state index contributed by atoms with van der Waals surface area (Å²) in [6.07, 6.45) is 4.06. The van der Waals surface area contributed by atoms with Gasteiger partial charge in [0.15, 0.2) is 0 Å². The molecule has 0 radical (unpaired) electrons. The predicted molar refractivity (Wildman–Crippen MR) is 131 cm³/mol. The second-order valence-electron chi connectivity index (χ2n) is 7.00. The average molecular weight is 488 g/mol. The number of carboxylic acids is 1. The van der Waals surface area contributed by atoms with Crippen molar-refractivity contribution in [2.24, 2.45) is 0 Å². The zero-order chi connectivity index (χ0) is 22.8. The summed E-state index contributed by atoms with van der Waals surface area (Å²) in [6.45, 7) is 0.449. The zero-order valence-corrected chi connectivity index (χ0v) is 19.7. The summed E-state index contributed by atoms with van der Waals surface area (Å²) in [7, 11) is 0. The zero-order valence-electron chi connectivity index (χ0n) is 17.3. The van der Waals surface area contributed by atoms with Gasteiger partial charge in [0, 0.05) is 10.6 Å². The molecule has 0 saturated heterocycles. The Balaban J connectivity index is 1.56. The second kappa shape index (κ2) is 12.5. The molecule has 3 aromatic rings. The van der Waals surface area contributed by atoms with Crippen LogP contribution < -0.4 is 0 Å². The number of pyridine rings is 1. The fourth-order valence-corrected chi connectivity index (χ4v) is 4.59. The molecule has 0 atom stereocenters. The van der Waals surface area contributed by atoms with E-state index in [0.29, 0.717) is 28.1 Å². The minimum atomic E-state index is -1.08. The van der Waals surface area contributed by atoms with E-state index in [1.807, 2.05) is 24.3 Å². The van der Waals surface area contributed by atoms with Crippen molar-refractivity contribution in [3.8, 4) is 0 Å². The van der Waals surface area contributed by atoms with Crippen LogP contribution in [0.25, 0.3) is 5.57 Å². The lowest BCUT2D eigenvalue weighted by Gasteiger charge is -2.08. The molecule has 32 heavy (non-hydrogen) atoms. The molecule has 3 rings (SSSR count). The molecule has 0 unspecified atom stereocenters. The molecule has 7 heteroatoms. The van der Waals surface area contributed by atoms with E-state index in [1.54, 1.807) is 30.3 Å². The number of aromatic nitrogens is 1.